The van der Waals surface area contributed by atoms with Gasteiger partial charge in [0.25, 0.3) is 0 Å². The number of hydrogen-bond donors (Lipinski definition) is 2. The van der Waals surface area contributed by atoms with Crippen molar-refractivity contribution in [2.45, 2.75) is 13.5 Å². The molecule has 6 heteroatoms. The second kappa shape index (κ2) is 6.56. The van der Waals surface area contributed by atoms with E-state index in [1.54, 1.807) is 19.3 Å². The summed E-state index contributed by atoms with van der Waals surface area (Å²) in [5.74, 6) is 0.503. The quantitative estimate of drug-likeness (QED) is 0.838. The molecule has 0 radical (unpaired) electrons. The van der Waals surface area contributed by atoms with E-state index in [-0.39, 0.29) is 11.8 Å². The lowest BCUT2D eigenvalue weighted by Gasteiger charge is -2.23. The number of carbonyl (C=O) groups excluding carboxylic acids is 1. The van der Waals surface area contributed by atoms with Crippen LogP contribution in [0.1, 0.15) is 12.5 Å². The number of rotatable bonds is 5. The number of carbonyl (C=O) groups is 1. The fourth-order valence-corrected chi connectivity index (χ4v) is 2.05. The molecule has 1 atom stereocenters. The third-order valence-electron chi connectivity index (χ3n) is 2.77. The van der Waals surface area contributed by atoms with Crippen LogP contribution in [0, 0.1) is 5.92 Å². The summed E-state index contributed by atoms with van der Waals surface area (Å²) in [7, 11) is 3.48. The van der Waals surface area contributed by atoms with Crippen LogP contribution in [0.2, 0.25) is 5.02 Å². The SMILES string of the molecule is CNC(=O)C(C)CN(C)c1nccc(CN)c1Cl. The molecule has 3 N–H and O–H groups in total. The Morgan fingerprint density at radius 3 is 2.89 bits per heavy atom. The normalized spacial score (nSPS) is 12.1. The molecule has 0 aliphatic carbocycles. The van der Waals surface area contributed by atoms with E-state index in [2.05, 4.69) is 10.3 Å². The van der Waals surface area contributed by atoms with E-state index < -0.39 is 0 Å². The zero-order valence-corrected chi connectivity index (χ0v) is 11.7. The molecule has 0 saturated carbocycles. The second-order valence-electron chi connectivity index (χ2n) is 4.21. The summed E-state index contributed by atoms with van der Waals surface area (Å²) >= 11 is 6.22. The minimum Gasteiger partial charge on any atom is -0.359 e. The average molecular weight is 271 g/mol. The Morgan fingerprint density at radius 1 is 1.67 bits per heavy atom. The van der Waals surface area contributed by atoms with Crippen molar-refractivity contribution >= 4 is 23.3 Å². The largest absolute Gasteiger partial charge is 0.359 e. The lowest BCUT2D eigenvalue weighted by molar-refractivity contribution is -0.123. The highest BCUT2D eigenvalue weighted by Gasteiger charge is 2.17. The van der Waals surface area contributed by atoms with Gasteiger partial charge >= 0.3 is 0 Å². The molecule has 1 heterocycles. The highest BCUT2D eigenvalue weighted by molar-refractivity contribution is 6.33. The summed E-state index contributed by atoms with van der Waals surface area (Å²) in [4.78, 5) is 17.6. The van der Waals surface area contributed by atoms with Crippen molar-refractivity contribution in [2.75, 3.05) is 25.5 Å². The van der Waals surface area contributed by atoms with Gasteiger partial charge in [-0.25, -0.2) is 4.98 Å². The zero-order chi connectivity index (χ0) is 13.7. The van der Waals surface area contributed by atoms with Crippen molar-refractivity contribution in [3.63, 3.8) is 0 Å². The van der Waals surface area contributed by atoms with E-state index >= 15 is 0 Å². The van der Waals surface area contributed by atoms with Crippen molar-refractivity contribution in [2.24, 2.45) is 11.7 Å². The third kappa shape index (κ3) is 3.34. The highest BCUT2D eigenvalue weighted by atomic mass is 35.5. The lowest BCUT2D eigenvalue weighted by atomic mass is 10.1. The van der Waals surface area contributed by atoms with Crippen LogP contribution < -0.4 is 16.0 Å². The smallest absolute Gasteiger partial charge is 0.224 e. The number of anilines is 1. The molecule has 0 saturated heterocycles. The Labute approximate surface area is 112 Å². The van der Waals surface area contributed by atoms with Crippen LogP contribution in [0.15, 0.2) is 12.3 Å². The maximum atomic E-state index is 11.5. The number of pyridine rings is 1. The molecule has 100 valence electrons. The van der Waals surface area contributed by atoms with Crippen molar-refractivity contribution in [1.29, 1.82) is 0 Å². The van der Waals surface area contributed by atoms with E-state index in [1.165, 1.54) is 0 Å². The van der Waals surface area contributed by atoms with Crippen molar-refractivity contribution in [1.82, 2.24) is 10.3 Å². The number of nitrogens with two attached hydrogens (primary N) is 1. The van der Waals surface area contributed by atoms with Crippen LogP contribution in [0.5, 0.6) is 0 Å². The topological polar surface area (TPSA) is 71.2 Å². The highest BCUT2D eigenvalue weighted by Crippen LogP contribution is 2.26. The Morgan fingerprint density at radius 2 is 2.33 bits per heavy atom. The first kappa shape index (κ1) is 14.7. The van der Waals surface area contributed by atoms with Gasteiger partial charge in [-0.2, -0.15) is 0 Å². The molecular formula is C12H19ClN4O. The monoisotopic (exact) mass is 270 g/mol. The van der Waals surface area contributed by atoms with Crippen molar-refractivity contribution < 1.29 is 4.79 Å². The number of aromatic nitrogens is 1. The molecule has 0 fully saturated rings. The van der Waals surface area contributed by atoms with Crippen LogP contribution in [0.3, 0.4) is 0 Å². The minimum absolute atomic E-state index is 0.00653. The number of amides is 1. The third-order valence-corrected chi connectivity index (χ3v) is 3.19. The van der Waals surface area contributed by atoms with Crippen LogP contribution >= 0.6 is 11.6 Å². The van der Waals surface area contributed by atoms with Crippen LogP contribution in [0.4, 0.5) is 5.82 Å². The number of halogens is 1. The predicted octanol–water partition coefficient (Wildman–Crippen LogP) is 1.01. The van der Waals surface area contributed by atoms with Gasteiger partial charge in [-0.05, 0) is 11.6 Å². The molecule has 0 aromatic carbocycles. The zero-order valence-electron chi connectivity index (χ0n) is 10.9. The summed E-state index contributed by atoms with van der Waals surface area (Å²) < 4.78 is 0. The fraction of sp³-hybridized carbons (Fsp3) is 0.500. The molecule has 0 spiro atoms. The molecule has 0 aliphatic rings. The summed E-state index contributed by atoms with van der Waals surface area (Å²) in [5, 5.41) is 3.17. The first-order chi connectivity index (χ1) is 8.51. The van der Waals surface area contributed by atoms with Gasteiger partial charge in [0.15, 0.2) is 0 Å². The van der Waals surface area contributed by atoms with Crippen molar-refractivity contribution in [3.05, 3.63) is 22.8 Å². The van der Waals surface area contributed by atoms with Crippen LogP contribution in [-0.2, 0) is 11.3 Å². The minimum atomic E-state index is -0.139. The maximum absolute atomic E-state index is 11.5. The summed E-state index contributed by atoms with van der Waals surface area (Å²) in [5.41, 5.74) is 6.44. The summed E-state index contributed by atoms with van der Waals surface area (Å²) in [6.45, 7) is 2.77. The first-order valence-electron chi connectivity index (χ1n) is 5.77. The standard InChI is InChI=1S/C12H19ClN4O/c1-8(12(18)15-2)7-17(3)11-10(13)9(6-14)4-5-16-11/h4-5,8H,6-7,14H2,1-3H3,(H,15,18). The van der Waals surface area contributed by atoms with Gasteiger partial charge in [0.05, 0.1) is 10.9 Å². The van der Waals surface area contributed by atoms with Gasteiger partial charge in [-0.1, -0.05) is 18.5 Å². The average Bonchev–Trinajstić information content (AvgIpc) is 2.37. The Bertz CT molecular complexity index is 425. The lowest BCUT2D eigenvalue weighted by Crippen LogP contribution is -2.34. The Kier molecular flexibility index (Phi) is 5.37. The Hall–Kier alpha value is -1.33. The number of nitrogens with one attached hydrogen (secondary N) is 1. The van der Waals surface area contributed by atoms with Crippen molar-refractivity contribution in [3.8, 4) is 0 Å². The van der Waals surface area contributed by atoms with Gasteiger partial charge in [0.1, 0.15) is 5.82 Å². The number of hydrogen-bond acceptors (Lipinski definition) is 4. The second-order valence-corrected chi connectivity index (χ2v) is 4.59. The van der Waals surface area contributed by atoms with Crippen LogP contribution in [-0.4, -0.2) is 31.5 Å². The predicted molar refractivity (Wildman–Crippen MR) is 73.6 cm³/mol. The van der Waals surface area contributed by atoms with E-state index in [0.29, 0.717) is 23.9 Å². The maximum Gasteiger partial charge on any atom is 0.224 e. The first-order valence-corrected chi connectivity index (χ1v) is 6.15. The molecule has 1 aromatic heterocycles. The molecule has 1 aromatic rings. The number of nitrogens with zero attached hydrogens (tertiary/aromatic N) is 2. The molecule has 0 aliphatic heterocycles. The van der Waals surface area contributed by atoms with E-state index in [0.717, 1.165) is 5.56 Å². The molecule has 1 unspecified atom stereocenters. The summed E-state index contributed by atoms with van der Waals surface area (Å²) in [6.07, 6.45) is 1.67. The molecule has 5 nitrogen and oxygen atoms in total. The molecule has 1 rings (SSSR count). The van der Waals surface area contributed by atoms with Gasteiger partial charge in [-0.3, -0.25) is 4.79 Å². The molecule has 0 bridgehead atoms. The van der Waals surface area contributed by atoms with Gasteiger partial charge in [0.2, 0.25) is 5.91 Å². The van der Waals surface area contributed by atoms with Gasteiger partial charge in [-0.15, -0.1) is 0 Å². The van der Waals surface area contributed by atoms with E-state index in [1.807, 2.05) is 18.9 Å². The summed E-state index contributed by atoms with van der Waals surface area (Å²) in [6, 6.07) is 1.79. The fourth-order valence-electron chi connectivity index (χ4n) is 1.72. The van der Waals surface area contributed by atoms with Gasteiger partial charge in [0, 0.05) is 33.4 Å². The molecular weight excluding hydrogens is 252 g/mol. The van der Waals surface area contributed by atoms with E-state index in [9.17, 15) is 4.79 Å². The molecule has 1 amide bonds. The molecule has 18 heavy (non-hydrogen) atoms. The van der Waals surface area contributed by atoms with E-state index in [4.69, 9.17) is 17.3 Å². The van der Waals surface area contributed by atoms with Gasteiger partial charge < -0.3 is 16.0 Å². The van der Waals surface area contributed by atoms with Crippen LogP contribution in [0.25, 0.3) is 0 Å². The Balaban J connectivity index is 2.84.